The molecule has 0 aliphatic heterocycles. The molecule has 0 spiro atoms. The molecule has 1 saturated carbocycles. The maximum atomic E-state index is 12.8. The molecular formula is C28H31ClN6O2S. The van der Waals surface area contributed by atoms with Gasteiger partial charge in [0.1, 0.15) is 10.7 Å². The highest BCUT2D eigenvalue weighted by Crippen LogP contribution is 2.31. The van der Waals surface area contributed by atoms with Gasteiger partial charge in [0.05, 0.1) is 10.5 Å². The first-order chi connectivity index (χ1) is 18.2. The number of hydrogen-bond donors (Lipinski definition) is 3. The van der Waals surface area contributed by atoms with Crippen LogP contribution in [-0.4, -0.2) is 35.5 Å². The molecule has 1 aliphatic carbocycles. The van der Waals surface area contributed by atoms with Gasteiger partial charge in [0, 0.05) is 34.9 Å². The molecule has 2 heterocycles. The van der Waals surface area contributed by atoms with E-state index in [-0.39, 0.29) is 15.7 Å². The van der Waals surface area contributed by atoms with E-state index in [1.54, 1.807) is 18.2 Å². The van der Waals surface area contributed by atoms with Crippen molar-refractivity contribution >= 4 is 44.3 Å². The van der Waals surface area contributed by atoms with Crippen molar-refractivity contribution in [2.24, 2.45) is 5.73 Å². The third-order valence-corrected chi connectivity index (χ3v) is 8.86. The summed E-state index contributed by atoms with van der Waals surface area (Å²) in [5, 5.41) is 4.58. The smallest absolute Gasteiger partial charge is 0.264 e. The molecule has 38 heavy (non-hydrogen) atoms. The normalized spacial score (nSPS) is 17.9. The van der Waals surface area contributed by atoms with Crippen molar-refractivity contribution in [3.05, 3.63) is 71.0 Å². The van der Waals surface area contributed by atoms with Gasteiger partial charge in [0.15, 0.2) is 0 Å². The van der Waals surface area contributed by atoms with Gasteiger partial charge in [-0.05, 0) is 86.6 Å². The minimum absolute atomic E-state index is 0.00762. The van der Waals surface area contributed by atoms with Gasteiger partial charge in [0.25, 0.3) is 10.0 Å². The number of rotatable bonds is 7. The van der Waals surface area contributed by atoms with Crippen LogP contribution in [0.4, 0.5) is 11.8 Å². The Morgan fingerprint density at radius 1 is 1.05 bits per heavy atom. The zero-order chi connectivity index (χ0) is 26.9. The fourth-order valence-electron chi connectivity index (χ4n) is 4.94. The summed E-state index contributed by atoms with van der Waals surface area (Å²) in [7, 11) is -3.87. The number of hydrogen-bond acceptors (Lipinski definition) is 7. The highest BCUT2D eigenvalue weighted by Gasteiger charge is 2.20. The average molecular weight is 551 g/mol. The lowest BCUT2D eigenvalue weighted by molar-refractivity contribution is 0.410. The van der Waals surface area contributed by atoms with Crippen molar-refractivity contribution in [3.63, 3.8) is 0 Å². The molecule has 4 N–H and O–H groups in total. The van der Waals surface area contributed by atoms with E-state index >= 15 is 0 Å². The fourth-order valence-corrected chi connectivity index (χ4v) is 6.46. The second kappa shape index (κ2) is 10.8. The van der Waals surface area contributed by atoms with Crippen LogP contribution in [0.2, 0.25) is 5.02 Å². The number of aryl methyl sites for hydroxylation is 2. The zero-order valence-corrected chi connectivity index (χ0v) is 23.0. The van der Waals surface area contributed by atoms with E-state index in [0.29, 0.717) is 23.7 Å². The van der Waals surface area contributed by atoms with Crippen molar-refractivity contribution in [2.45, 2.75) is 62.9 Å². The van der Waals surface area contributed by atoms with Gasteiger partial charge < -0.3 is 11.1 Å². The van der Waals surface area contributed by atoms with Crippen molar-refractivity contribution in [1.29, 1.82) is 0 Å². The van der Waals surface area contributed by atoms with Crippen LogP contribution < -0.4 is 15.8 Å². The maximum Gasteiger partial charge on any atom is 0.264 e. The van der Waals surface area contributed by atoms with Crippen LogP contribution in [-0.2, 0) is 16.4 Å². The number of nitrogens with one attached hydrogen (secondary N) is 2. The molecule has 10 heteroatoms. The lowest BCUT2D eigenvalue weighted by Gasteiger charge is -2.26. The Kier molecular flexibility index (Phi) is 7.52. The van der Waals surface area contributed by atoms with E-state index in [4.69, 9.17) is 22.3 Å². The van der Waals surface area contributed by atoms with Gasteiger partial charge in [0.2, 0.25) is 5.95 Å². The second-order valence-electron chi connectivity index (χ2n) is 9.74. The second-order valence-corrected chi connectivity index (χ2v) is 11.8. The SMILES string of the molecule is CCc1cc(-c2ccc(NS(=O)(=O)c3ccccc3Cl)nc2C)cc2cnc(NC3CCC(N)CC3)nc12. The van der Waals surface area contributed by atoms with Gasteiger partial charge in [-0.2, -0.15) is 0 Å². The first kappa shape index (κ1) is 26.3. The lowest BCUT2D eigenvalue weighted by atomic mass is 9.92. The number of nitrogens with zero attached hydrogens (tertiary/aromatic N) is 3. The van der Waals surface area contributed by atoms with E-state index in [1.165, 1.54) is 12.1 Å². The number of fused-ring (bicyclic) bond motifs is 1. The molecule has 1 fully saturated rings. The van der Waals surface area contributed by atoms with Gasteiger partial charge >= 0.3 is 0 Å². The molecule has 0 atom stereocenters. The Morgan fingerprint density at radius 3 is 2.53 bits per heavy atom. The summed E-state index contributed by atoms with van der Waals surface area (Å²) < 4.78 is 28.2. The highest BCUT2D eigenvalue weighted by molar-refractivity contribution is 7.92. The molecule has 0 unspecified atom stereocenters. The minimum Gasteiger partial charge on any atom is -0.351 e. The molecule has 8 nitrogen and oxygen atoms in total. The predicted molar refractivity (Wildman–Crippen MR) is 153 cm³/mol. The van der Waals surface area contributed by atoms with Crippen LogP contribution in [0.3, 0.4) is 0 Å². The standard InChI is InChI=1S/C28H31ClN6O2S/c1-3-18-14-19(15-20-16-31-28(34-27(18)20)33-22-10-8-21(30)9-11-22)23-12-13-26(32-17(23)2)35-38(36,37)25-7-5-4-6-24(25)29/h4-7,12-16,21-22H,3,8-11,30H2,1-2H3,(H,32,35)(H,31,33,34). The predicted octanol–water partition coefficient (Wildman–Crippen LogP) is 5.70. The average Bonchev–Trinajstić information content (AvgIpc) is 2.89. The number of sulfonamides is 1. The fraction of sp³-hybridized carbons (Fsp3) is 0.321. The first-order valence-electron chi connectivity index (χ1n) is 12.8. The summed E-state index contributed by atoms with van der Waals surface area (Å²) in [4.78, 5) is 14.0. The summed E-state index contributed by atoms with van der Waals surface area (Å²) in [6, 6.07) is 14.7. The van der Waals surface area contributed by atoms with Gasteiger partial charge in [-0.3, -0.25) is 4.72 Å². The van der Waals surface area contributed by atoms with Crippen LogP contribution in [0.15, 0.2) is 59.6 Å². The number of aromatic nitrogens is 3. The number of pyridine rings is 1. The molecule has 2 aromatic heterocycles. The first-order valence-corrected chi connectivity index (χ1v) is 14.7. The lowest BCUT2D eigenvalue weighted by Crippen LogP contribution is -2.33. The van der Waals surface area contributed by atoms with E-state index in [2.05, 4.69) is 39.1 Å². The topological polar surface area (TPSA) is 123 Å². The van der Waals surface area contributed by atoms with E-state index < -0.39 is 10.0 Å². The van der Waals surface area contributed by atoms with E-state index in [9.17, 15) is 8.42 Å². The third kappa shape index (κ3) is 5.60. The molecule has 0 radical (unpaired) electrons. The van der Waals surface area contributed by atoms with Gasteiger partial charge in [-0.1, -0.05) is 30.7 Å². The van der Waals surface area contributed by atoms with Gasteiger partial charge in [-0.25, -0.2) is 23.4 Å². The Morgan fingerprint density at radius 2 is 1.82 bits per heavy atom. The molecule has 0 saturated heterocycles. The Labute approximate surface area is 228 Å². The third-order valence-electron chi connectivity index (χ3n) is 7.01. The van der Waals surface area contributed by atoms with Gasteiger partial charge in [-0.15, -0.1) is 0 Å². The Hall–Kier alpha value is -3.27. The molecule has 2 aromatic carbocycles. The van der Waals surface area contributed by atoms with Crippen LogP contribution >= 0.6 is 11.6 Å². The molecule has 1 aliphatic rings. The van der Waals surface area contributed by atoms with Crippen molar-refractivity contribution < 1.29 is 8.42 Å². The Balaban J connectivity index is 1.41. The van der Waals surface area contributed by atoms with E-state index in [0.717, 1.165) is 59.7 Å². The summed E-state index contributed by atoms with van der Waals surface area (Å²) >= 11 is 6.09. The number of nitrogens with two attached hydrogens (primary N) is 1. The van der Waals surface area contributed by atoms with Crippen LogP contribution in [0, 0.1) is 6.92 Å². The van der Waals surface area contributed by atoms with Crippen molar-refractivity contribution in [3.8, 4) is 11.1 Å². The Bertz CT molecular complexity index is 1590. The summed E-state index contributed by atoms with van der Waals surface area (Å²) in [5.74, 6) is 0.874. The molecule has 4 aromatic rings. The quantitative estimate of drug-likeness (QED) is 0.270. The van der Waals surface area contributed by atoms with Crippen LogP contribution in [0.5, 0.6) is 0 Å². The number of benzene rings is 2. The molecule has 0 amide bonds. The zero-order valence-electron chi connectivity index (χ0n) is 21.4. The highest BCUT2D eigenvalue weighted by atomic mass is 35.5. The van der Waals surface area contributed by atoms with Crippen LogP contribution in [0.25, 0.3) is 22.0 Å². The molecule has 5 rings (SSSR count). The number of halogens is 1. The molecule has 0 bridgehead atoms. The summed E-state index contributed by atoms with van der Waals surface area (Å²) in [6.07, 6.45) is 6.75. The summed E-state index contributed by atoms with van der Waals surface area (Å²) in [6.45, 7) is 3.96. The maximum absolute atomic E-state index is 12.8. The largest absolute Gasteiger partial charge is 0.351 e. The molecule has 198 valence electrons. The monoisotopic (exact) mass is 550 g/mol. The van der Waals surface area contributed by atoms with Crippen LogP contribution in [0.1, 0.15) is 43.9 Å². The minimum atomic E-state index is -3.87. The number of anilines is 2. The summed E-state index contributed by atoms with van der Waals surface area (Å²) in [5.41, 5.74) is 10.7. The van der Waals surface area contributed by atoms with E-state index in [1.807, 2.05) is 19.2 Å². The van der Waals surface area contributed by atoms with Crippen molar-refractivity contribution in [1.82, 2.24) is 15.0 Å². The van der Waals surface area contributed by atoms with Crippen molar-refractivity contribution in [2.75, 3.05) is 10.0 Å². The molecular weight excluding hydrogens is 520 g/mol.